The van der Waals surface area contributed by atoms with Crippen LogP contribution < -0.4 is 5.32 Å². The number of urea groups is 1. The van der Waals surface area contributed by atoms with Gasteiger partial charge in [0.15, 0.2) is 0 Å². The first-order chi connectivity index (χ1) is 10.9. The molecule has 1 aliphatic carbocycles. The fourth-order valence-corrected chi connectivity index (χ4v) is 3.95. The Morgan fingerprint density at radius 2 is 1.91 bits per heavy atom. The Morgan fingerprint density at radius 1 is 1.26 bits per heavy atom. The van der Waals surface area contributed by atoms with Crippen LogP contribution in [0.1, 0.15) is 45.4 Å². The molecule has 3 rings (SSSR count). The summed E-state index contributed by atoms with van der Waals surface area (Å²) in [5, 5.41) is 11.9. The SMILES string of the molecule is CC(C(=O)N1CCC[C@H]1C(=O)O)N1C(=O)NC2(CCCC2)C1=O. The Bertz CT molecular complexity index is 569. The van der Waals surface area contributed by atoms with E-state index in [4.69, 9.17) is 0 Å². The molecule has 1 saturated carbocycles. The molecule has 3 aliphatic rings. The van der Waals surface area contributed by atoms with Gasteiger partial charge >= 0.3 is 12.0 Å². The van der Waals surface area contributed by atoms with Gasteiger partial charge in [0.25, 0.3) is 5.91 Å². The van der Waals surface area contributed by atoms with Crippen LogP contribution in [-0.4, -0.2) is 62.9 Å². The third kappa shape index (κ3) is 2.36. The van der Waals surface area contributed by atoms with Crippen molar-refractivity contribution < 1.29 is 24.3 Å². The number of carbonyl (C=O) groups excluding carboxylic acids is 3. The van der Waals surface area contributed by atoms with Gasteiger partial charge in [0.05, 0.1) is 0 Å². The van der Waals surface area contributed by atoms with Crippen LogP contribution in [0.4, 0.5) is 4.79 Å². The number of aliphatic carboxylic acids is 1. The number of carbonyl (C=O) groups is 4. The molecule has 0 radical (unpaired) electrons. The molecule has 126 valence electrons. The highest BCUT2D eigenvalue weighted by Gasteiger charge is 2.55. The van der Waals surface area contributed by atoms with Crippen LogP contribution >= 0.6 is 0 Å². The molecule has 1 unspecified atom stereocenters. The topological polar surface area (TPSA) is 107 Å². The molecule has 0 aromatic carbocycles. The molecule has 4 amide bonds. The van der Waals surface area contributed by atoms with Crippen molar-refractivity contribution in [2.45, 2.75) is 63.1 Å². The summed E-state index contributed by atoms with van der Waals surface area (Å²) < 4.78 is 0. The van der Waals surface area contributed by atoms with E-state index in [1.165, 1.54) is 11.8 Å². The van der Waals surface area contributed by atoms with Crippen LogP contribution in [0.15, 0.2) is 0 Å². The molecule has 2 atom stereocenters. The summed E-state index contributed by atoms with van der Waals surface area (Å²) in [5.41, 5.74) is -0.858. The van der Waals surface area contributed by atoms with Gasteiger partial charge in [0.2, 0.25) is 5.91 Å². The fourth-order valence-electron chi connectivity index (χ4n) is 3.95. The molecular weight excluding hydrogens is 302 g/mol. The maximum Gasteiger partial charge on any atom is 0.326 e. The van der Waals surface area contributed by atoms with E-state index in [1.54, 1.807) is 0 Å². The van der Waals surface area contributed by atoms with E-state index in [-0.39, 0.29) is 5.91 Å². The van der Waals surface area contributed by atoms with E-state index in [9.17, 15) is 24.3 Å². The van der Waals surface area contributed by atoms with Crippen molar-refractivity contribution in [2.75, 3.05) is 6.54 Å². The predicted molar refractivity (Wildman–Crippen MR) is 78.4 cm³/mol. The standard InChI is InChI=1S/C15H21N3O5/c1-9(11(19)17-8-4-5-10(17)12(20)21)18-13(22)15(16-14(18)23)6-2-3-7-15/h9-10H,2-8H2,1H3,(H,16,23)(H,20,21)/t9?,10-/m0/s1. The Kier molecular flexibility index (Phi) is 3.77. The lowest BCUT2D eigenvalue weighted by Crippen LogP contribution is -2.53. The van der Waals surface area contributed by atoms with Gasteiger partial charge in [-0.15, -0.1) is 0 Å². The van der Waals surface area contributed by atoms with Crippen LogP contribution in [0.2, 0.25) is 0 Å². The van der Waals surface area contributed by atoms with E-state index < -0.39 is 35.5 Å². The van der Waals surface area contributed by atoms with Crippen molar-refractivity contribution in [1.82, 2.24) is 15.1 Å². The molecule has 0 aromatic rings. The van der Waals surface area contributed by atoms with E-state index >= 15 is 0 Å². The van der Waals surface area contributed by atoms with Gasteiger partial charge in [0.1, 0.15) is 17.6 Å². The molecule has 0 aromatic heterocycles. The van der Waals surface area contributed by atoms with Crippen molar-refractivity contribution in [3.63, 3.8) is 0 Å². The number of carboxylic acid groups (broad SMARTS) is 1. The average molecular weight is 323 g/mol. The first-order valence-corrected chi connectivity index (χ1v) is 8.06. The minimum absolute atomic E-state index is 0.342. The Morgan fingerprint density at radius 3 is 2.52 bits per heavy atom. The molecule has 23 heavy (non-hydrogen) atoms. The van der Waals surface area contributed by atoms with Crippen LogP contribution in [0.3, 0.4) is 0 Å². The zero-order chi connectivity index (χ0) is 16.8. The molecule has 8 nitrogen and oxygen atoms in total. The number of hydrogen-bond acceptors (Lipinski definition) is 4. The molecule has 3 fully saturated rings. The maximum atomic E-state index is 12.7. The van der Waals surface area contributed by atoms with Crippen LogP contribution in [0.25, 0.3) is 0 Å². The number of likely N-dealkylation sites (tertiary alicyclic amines) is 1. The predicted octanol–water partition coefficient (Wildman–Crippen LogP) is 0.315. The molecule has 0 bridgehead atoms. The third-order valence-electron chi connectivity index (χ3n) is 5.22. The molecule has 2 N–H and O–H groups in total. The first kappa shape index (κ1) is 15.8. The molecule has 2 aliphatic heterocycles. The zero-order valence-corrected chi connectivity index (χ0v) is 13.1. The summed E-state index contributed by atoms with van der Waals surface area (Å²) in [6.07, 6.45) is 3.94. The third-order valence-corrected chi connectivity index (χ3v) is 5.22. The van der Waals surface area contributed by atoms with Gasteiger partial charge in [-0.3, -0.25) is 9.59 Å². The highest BCUT2D eigenvalue weighted by Crippen LogP contribution is 2.36. The second-order valence-corrected chi connectivity index (χ2v) is 6.60. The summed E-state index contributed by atoms with van der Waals surface area (Å²) in [6, 6.07) is -2.41. The lowest BCUT2D eigenvalue weighted by molar-refractivity contribution is -0.151. The quantitative estimate of drug-likeness (QED) is 0.727. The smallest absolute Gasteiger partial charge is 0.326 e. The van der Waals surface area contributed by atoms with E-state index in [2.05, 4.69) is 5.32 Å². The van der Waals surface area contributed by atoms with E-state index in [1.807, 2.05) is 0 Å². The van der Waals surface area contributed by atoms with Gasteiger partial charge < -0.3 is 15.3 Å². The van der Waals surface area contributed by atoms with Crippen molar-refractivity contribution >= 4 is 23.8 Å². The fraction of sp³-hybridized carbons (Fsp3) is 0.733. The van der Waals surface area contributed by atoms with Crippen molar-refractivity contribution in [3.05, 3.63) is 0 Å². The number of nitrogens with zero attached hydrogens (tertiary/aromatic N) is 2. The van der Waals surface area contributed by atoms with Gasteiger partial charge in [-0.05, 0) is 32.6 Å². The zero-order valence-electron chi connectivity index (χ0n) is 13.1. The summed E-state index contributed by atoms with van der Waals surface area (Å²) >= 11 is 0. The minimum atomic E-state index is -1.05. The molecule has 8 heteroatoms. The van der Waals surface area contributed by atoms with E-state index in [0.29, 0.717) is 32.2 Å². The Balaban J connectivity index is 1.78. The number of rotatable bonds is 3. The van der Waals surface area contributed by atoms with E-state index in [0.717, 1.165) is 17.7 Å². The number of nitrogens with one attached hydrogen (secondary N) is 1. The van der Waals surface area contributed by atoms with Crippen molar-refractivity contribution in [3.8, 4) is 0 Å². The number of hydrogen-bond donors (Lipinski definition) is 2. The molecule has 1 spiro atoms. The lowest BCUT2D eigenvalue weighted by Gasteiger charge is -2.29. The minimum Gasteiger partial charge on any atom is -0.480 e. The summed E-state index contributed by atoms with van der Waals surface area (Å²) in [6.45, 7) is 1.83. The monoisotopic (exact) mass is 323 g/mol. The highest BCUT2D eigenvalue weighted by molar-refractivity contribution is 6.10. The van der Waals surface area contributed by atoms with Gasteiger partial charge in [0, 0.05) is 6.54 Å². The summed E-state index contributed by atoms with van der Waals surface area (Å²) in [4.78, 5) is 51.0. The normalized spacial score (nSPS) is 27.6. The molecule has 2 heterocycles. The van der Waals surface area contributed by atoms with Crippen molar-refractivity contribution in [1.29, 1.82) is 0 Å². The summed E-state index contributed by atoms with van der Waals surface area (Å²) in [7, 11) is 0. The molecular formula is C15H21N3O5. The lowest BCUT2D eigenvalue weighted by atomic mass is 9.97. The second kappa shape index (κ2) is 5.50. The largest absolute Gasteiger partial charge is 0.480 e. The summed E-state index contributed by atoms with van der Waals surface area (Å²) in [5.74, 6) is -1.88. The average Bonchev–Trinajstić information content (AvgIpc) is 3.19. The number of imide groups is 1. The van der Waals surface area contributed by atoms with Crippen molar-refractivity contribution in [2.24, 2.45) is 0 Å². The first-order valence-electron chi connectivity index (χ1n) is 8.06. The Labute approximate surface area is 133 Å². The van der Waals surface area contributed by atoms with Gasteiger partial charge in [-0.1, -0.05) is 12.8 Å². The molecule has 2 saturated heterocycles. The Hall–Kier alpha value is -2.12. The maximum absolute atomic E-state index is 12.7. The van der Waals surface area contributed by atoms with Gasteiger partial charge in [-0.2, -0.15) is 0 Å². The van der Waals surface area contributed by atoms with Crippen LogP contribution in [0, 0.1) is 0 Å². The van der Waals surface area contributed by atoms with Crippen LogP contribution in [0.5, 0.6) is 0 Å². The number of amides is 4. The van der Waals surface area contributed by atoms with Gasteiger partial charge in [-0.25, -0.2) is 14.5 Å². The van der Waals surface area contributed by atoms with Crippen LogP contribution in [-0.2, 0) is 14.4 Å². The second-order valence-electron chi connectivity index (χ2n) is 6.60. The highest BCUT2D eigenvalue weighted by atomic mass is 16.4. The number of carboxylic acids is 1.